The number of carbonyl (C=O) groups is 1. The Labute approximate surface area is 99.2 Å². The Kier molecular flexibility index (Phi) is 4.07. The molecule has 0 bridgehead atoms. The van der Waals surface area contributed by atoms with Crippen molar-refractivity contribution in [2.45, 2.75) is 25.9 Å². The lowest BCUT2D eigenvalue weighted by molar-refractivity contribution is 0.0245. The van der Waals surface area contributed by atoms with E-state index in [1.165, 1.54) is 6.07 Å². The first-order valence-electron chi connectivity index (χ1n) is 5.24. The number of benzene rings is 1. The summed E-state index contributed by atoms with van der Waals surface area (Å²) < 4.78 is 17.7. The van der Waals surface area contributed by atoms with Gasteiger partial charge in [-0.15, -0.1) is 0 Å². The van der Waals surface area contributed by atoms with E-state index in [4.69, 9.17) is 10.5 Å². The summed E-state index contributed by atoms with van der Waals surface area (Å²) in [6.07, 6.45) is 0.319. The van der Waals surface area contributed by atoms with Crippen LogP contribution in [0.1, 0.15) is 30.6 Å². The lowest BCUT2D eigenvalue weighted by atomic mass is 10.1. The molecule has 0 amide bonds. The molecule has 1 aromatic carbocycles. The van der Waals surface area contributed by atoms with Crippen molar-refractivity contribution in [3.63, 3.8) is 0 Å². The van der Waals surface area contributed by atoms with Gasteiger partial charge in [-0.25, -0.2) is 9.18 Å². The highest BCUT2D eigenvalue weighted by Crippen LogP contribution is 2.15. The molecule has 0 aliphatic rings. The van der Waals surface area contributed by atoms with Gasteiger partial charge in [-0.05, 0) is 32.0 Å². The number of ether oxygens (including phenoxy) is 1. The zero-order valence-corrected chi connectivity index (χ0v) is 9.87. The monoisotopic (exact) mass is 241 g/mol. The van der Waals surface area contributed by atoms with E-state index in [0.29, 0.717) is 6.42 Å². The highest BCUT2D eigenvalue weighted by molar-refractivity contribution is 5.94. The van der Waals surface area contributed by atoms with Gasteiger partial charge in [0, 0.05) is 12.1 Å². The molecule has 0 aliphatic heterocycles. The minimum absolute atomic E-state index is 0.0401. The molecule has 0 heterocycles. The summed E-state index contributed by atoms with van der Waals surface area (Å²) in [7, 11) is 0. The van der Waals surface area contributed by atoms with Crippen molar-refractivity contribution in [1.29, 1.82) is 0 Å². The van der Waals surface area contributed by atoms with Crippen molar-refractivity contribution < 1.29 is 19.0 Å². The third kappa shape index (κ3) is 4.40. The molecule has 0 aromatic heterocycles. The van der Waals surface area contributed by atoms with Crippen LogP contribution in [0.5, 0.6) is 0 Å². The largest absolute Gasteiger partial charge is 0.462 e. The lowest BCUT2D eigenvalue weighted by Gasteiger charge is -2.16. The van der Waals surface area contributed by atoms with Gasteiger partial charge in [0.25, 0.3) is 0 Å². The molecule has 0 saturated heterocycles. The van der Waals surface area contributed by atoms with Gasteiger partial charge in [-0.2, -0.15) is 0 Å². The maximum atomic E-state index is 12.8. The van der Waals surface area contributed by atoms with Crippen molar-refractivity contribution in [2.24, 2.45) is 0 Å². The first kappa shape index (κ1) is 13.4. The van der Waals surface area contributed by atoms with Crippen LogP contribution in [0.4, 0.5) is 10.1 Å². The lowest BCUT2D eigenvalue weighted by Crippen LogP contribution is -2.22. The molecule has 17 heavy (non-hydrogen) atoms. The van der Waals surface area contributed by atoms with E-state index >= 15 is 0 Å². The molecule has 0 unspecified atom stereocenters. The molecular weight excluding hydrogens is 225 g/mol. The van der Waals surface area contributed by atoms with Crippen LogP contribution in [0.2, 0.25) is 0 Å². The van der Waals surface area contributed by atoms with Crippen LogP contribution in [0.15, 0.2) is 18.2 Å². The molecule has 0 radical (unpaired) electrons. The molecule has 1 rings (SSSR count). The molecule has 3 N–H and O–H groups in total. The van der Waals surface area contributed by atoms with Gasteiger partial charge in [-0.1, -0.05) is 0 Å². The van der Waals surface area contributed by atoms with E-state index in [1.807, 2.05) is 0 Å². The molecule has 0 spiro atoms. The van der Waals surface area contributed by atoms with Crippen LogP contribution in [-0.2, 0) is 4.74 Å². The van der Waals surface area contributed by atoms with E-state index < -0.39 is 17.4 Å². The Morgan fingerprint density at radius 2 is 2.18 bits per heavy atom. The van der Waals surface area contributed by atoms with E-state index in [1.54, 1.807) is 13.8 Å². The normalized spacial score (nSPS) is 11.3. The van der Waals surface area contributed by atoms with Gasteiger partial charge in [0.05, 0.1) is 17.8 Å². The third-order valence-electron chi connectivity index (χ3n) is 2.18. The summed E-state index contributed by atoms with van der Waals surface area (Å²) in [6.45, 7) is 3.32. The summed E-state index contributed by atoms with van der Waals surface area (Å²) in [5.74, 6) is -1.12. The highest BCUT2D eigenvalue weighted by Gasteiger charge is 2.15. The Hall–Kier alpha value is -1.62. The summed E-state index contributed by atoms with van der Waals surface area (Å²) in [5, 5.41) is 9.43. The van der Waals surface area contributed by atoms with Crippen LogP contribution < -0.4 is 5.73 Å². The van der Waals surface area contributed by atoms with E-state index in [9.17, 15) is 14.3 Å². The van der Waals surface area contributed by atoms with Crippen molar-refractivity contribution in [3.8, 4) is 0 Å². The van der Waals surface area contributed by atoms with Crippen molar-refractivity contribution in [3.05, 3.63) is 29.6 Å². The molecule has 5 heteroatoms. The SMILES string of the molecule is CC(C)(O)CCOC(=O)c1ccc(F)cc1N. The van der Waals surface area contributed by atoms with Crippen molar-refractivity contribution in [1.82, 2.24) is 0 Å². The maximum absolute atomic E-state index is 12.8. The van der Waals surface area contributed by atoms with E-state index in [2.05, 4.69) is 0 Å². The van der Waals surface area contributed by atoms with E-state index in [-0.39, 0.29) is 17.9 Å². The van der Waals surface area contributed by atoms with Crippen LogP contribution in [-0.4, -0.2) is 23.3 Å². The Morgan fingerprint density at radius 3 is 2.71 bits per heavy atom. The number of hydrogen-bond acceptors (Lipinski definition) is 4. The van der Waals surface area contributed by atoms with Gasteiger partial charge >= 0.3 is 5.97 Å². The number of aliphatic hydroxyl groups is 1. The van der Waals surface area contributed by atoms with Crippen molar-refractivity contribution >= 4 is 11.7 Å². The van der Waals surface area contributed by atoms with Gasteiger partial charge in [-0.3, -0.25) is 0 Å². The van der Waals surface area contributed by atoms with Crippen LogP contribution >= 0.6 is 0 Å². The number of nitrogen functional groups attached to an aromatic ring is 1. The minimum atomic E-state index is -0.894. The van der Waals surface area contributed by atoms with Crippen molar-refractivity contribution in [2.75, 3.05) is 12.3 Å². The van der Waals surface area contributed by atoms with Gasteiger partial charge < -0.3 is 15.6 Å². The smallest absolute Gasteiger partial charge is 0.340 e. The Bertz CT molecular complexity index is 413. The number of hydrogen-bond donors (Lipinski definition) is 2. The molecule has 94 valence electrons. The summed E-state index contributed by atoms with van der Waals surface area (Å²) >= 11 is 0. The first-order valence-corrected chi connectivity index (χ1v) is 5.24. The van der Waals surface area contributed by atoms with Gasteiger partial charge in [0.1, 0.15) is 5.82 Å². The zero-order valence-electron chi connectivity index (χ0n) is 9.87. The topological polar surface area (TPSA) is 72.5 Å². The second kappa shape index (κ2) is 5.14. The summed E-state index contributed by atoms with van der Waals surface area (Å²) in [4.78, 5) is 11.6. The number of esters is 1. The predicted octanol–water partition coefficient (Wildman–Crippen LogP) is 1.73. The summed E-state index contributed by atoms with van der Waals surface area (Å²) in [6, 6.07) is 3.48. The first-order chi connectivity index (χ1) is 7.79. The fraction of sp³-hybridized carbons (Fsp3) is 0.417. The fourth-order valence-corrected chi connectivity index (χ4v) is 1.19. The molecule has 0 atom stereocenters. The maximum Gasteiger partial charge on any atom is 0.340 e. The molecule has 0 aliphatic carbocycles. The molecule has 0 fully saturated rings. The van der Waals surface area contributed by atoms with Gasteiger partial charge in [0.2, 0.25) is 0 Å². The van der Waals surface area contributed by atoms with E-state index in [0.717, 1.165) is 12.1 Å². The average molecular weight is 241 g/mol. The average Bonchev–Trinajstić information content (AvgIpc) is 2.15. The fourth-order valence-electron chi connectivity index (χ4n) is 1.19. The zero-order chi connectivity index (χ0) is 13.1. The van der Waals surface area contributed by atoms with Gasteiger partial charge in [0.15, 0.2) is 0 Å². The van der Waals surface area contributed by atoms with Crippen LogP contribution in [0, 0.1) is 5.82 Å². The predicted molar refractivity (Wildman–Crippen MR) is 62.0 cm³/mol. The number of rotatable bonds is 4. The highest BCUT2D eigenvalue weighted by atomic mass is 19.1. The summed E-state index contributed by atoms with van der Waals surface area (Å²) in [5.41, 5.74) is 4.76. The quantitative estimate of drug-likeness (QED) is 0.622. The molecule has 4 nitrogen and oxygen atoms in total. The minimum Gasteiger partial charge on any atom is -0.462 e. The Balaban J connectivity index is 2.59. The molecular formula is C12H16FNO3. The number of nitrogens with two attached hydrogens (primary N) is 1. The second-order valence-corrected chi connectivity index (χ2v) is 4.43. The Morgan fingerprint density at radius 1 is 1.53 bits per heavy atom. The van der Waals surface area contributed by atoms with Crippen LogP contribution in [0.3, 0.4) is 0 Å². The number of anilines is 1. The second-order valence-electron chi connectivity index (χ2n) is 4.43. The molecule has 0 saturated carbocycles. The third-order valence-corrected chi connectivity index (χ3v) is 2.18. The van der Waals surface area contributed by atoms with Crippen LogP contribution in [0.25, 0.3) is 0 Å². The number of halogens is 1. The molecule has 1 aromatic rings. The number of carbonyl (C=O) groups excluding carboxylic acids is 1. The standard InChI is InChI=1S/C12H16FNO3/c1-12(2,16)5-6-17-11(15)9-4-3-8(13)7-10(9)14/h3-4,7,16H,5-6,14H2,1-2H3.